The van der Waals surface area contributed by atoms with E-state index < -0.39 is 10.7 Å². The zero-order chi connectivity index (χ0) is 20.4. The molecule has 0 saturated carbocycles. The number of hydrogen-bond acceptors (Lipinski definition) is 4. The average Bonchev–Trinajstić information content (AvgIpc) is 2.72. The molecule has 4 rings (SSSR count). The number of hydrogen-bond donors (Lipinski definition) is 1. The largest absolute Gasteiger partial charge is 0.456 e. The lowest BCUT2D eigenvalue weighted by Gasteiger charge is -2.29. The van der Waals surface area contributed by atoms with Gasteiger partial charge in [0.25, 0.3) is 0 Å². The van der Waals surface area contributed by atoms with Crippen LogP contribution in [0.1, 0.15) is 28.2 Å². The molecule has 3 nitrogen and oxygen atoms in total. The Bertz CT molecular complexity index is 1170. The van der Waals surface area contributed by atoms with E-state index in [0.717, 1.165) is 16.7 Å². The number of fused-ring (bicyclic) bond motifs is 1. The zero-order valence-corrected chi connectivity index (χ0v) is 17.0. The van der Waals surface area contributed by atoms with E-state index in [9.17, 15) is 12.8 Å². The molecule has 3 aromatic carbocycles. The van der Waals surface area contributed by atoms with Crippen LogP contribution in [0.4, 0.5) is 4.39 Å². The molecule has 1 aliphatic rings. The summed E-state index contributed by atoms with van der Waals surface area (Å²) in [5.74, 6) is 0.671. The van der Waals surface area contributed by atoms with Crippen molar-refractivity contribution in [2.75, 3.05) is 0 Å². The predicted octanol–water partition coefficient (Wildman–Crippen LogP) is 4.98. The summed E-state index contributed by atoms with van der Waals surface area (Å²) in [4.78, 5) is 0. The molecule has 146 valence electrons. The summed E-state index contributed by atoms with van der Waals surface area (Å²) in [7, 11) is -2.50. The Balaban J connectivity index is 1.91. The van der Waals surface area contributed by atoms with Gasteiger partial charge in [0.15, 0.2) is 0 Å². The molecule has 0 spiro atoms. The zero-order valence-electron chi connectivity index (χ0n) is 15.2. The quantitative estimate of drug-likeness (QED) is 0.463. The van der Waals surface area contributed by atoms with Crippen LogP contribution in [0.15, 0.2) is 72.8 Å². The fourth-order valence-electron chi connectivity index (χ4n) is 3.53. The summed E-state index contributed by atoms with van der Waals surface area (Å²) in [6, 6.07) is 21.1. The standard InChI is InChI=1S/C23H17FO3S2/c24-18-5-3-4-17(12-18)22-20(13-28)19-6-1-2-7-21(19)27-23(22)16-10-8-15(9-11-16)14-29(25)26/h1-13,20,29H,14H2. The monoisotopic (exact) mass is 424 g/mol. The van der Waals surface area contributed by atoms with Crippen LogP contribution >= 0.6 is 12.2 Å². The Kier molecular flexibility index (Phi) is 5.56. The highest BCUT2D eigenvalue weighted by molar-refractivity contribution is 7.79. The second kappa shape index (κ2) is 8.27. The molecule has 1 unspecified atom stereocenters. The van der Waals surface area contributed by atoms with Gasteiger partial charge in [-0.2, -0.15) is 0 Å². The molecule has 0 amide bonds. The molecule has 0 radical (unpaired) electrons. The van der Waals surface area contributed by atoms with Crippen LogP contribution in [-0.4, -0.2) is 13.8 Å². The van der Waals surface area contributed by atoms with Crippen molar-refractivity contribution in [3.05, 3.63) is 101 Å². The lowest BCUT2D eigenvalue weighted by atomic mass is 9.83. The van der Waals surface area contributed by atoms with Crippen molar-refractivity contribution in [1.82, 2.24) is 0 Å². The van der Waals surface area contributed by atoms with Crippen molar-refractivity contribution < 1.29 is 17.5 Å². The summed E-state index contributed by atoms with van der Waals surface area (Å²) in [6.45, 7) is 0. The van der Waals surface area contributed by atoms with Crippen molar-refractivity contribution in [2.24, 2.45) is 0 Å². The molecule has 1 heterocycles. The number of thiocarbonyl (C=S) groups is 1. The topological polar surface area (TPSA) is 43.4 Å². The summed E-state index contributed by atoms with van der Waals surface area (Å²) in [6.07, 6.45) is 0. The van der Waals surface area contributed by atoms with Crippen molar-refractivity contribution in [3.8, 4) is 5.75 Å². The smallest absolute Gasteiger partial charge is 0.144 e. The molecule has 6 heteroatoms. The Morgan fingerprint density at radius 2 is 1.72 bits per heavy atom. The minimum Gasteiger partial charge on any atom is -0.456 e. The van der Waals surface area contributed by atoms with Crippen LogP contribution in [0.25, 0.3) is 11.3 Å². The maximum absolute atomic E-state index is 14.0. The van der Waals surface area contributed by atoms with Crippen LogP contribution in [0.2, 0.25) is 0 Å². The molecule has 0 aliphatic carbocycles. The Morgan fingerprint density at radius 1 is 0.966 bits per heavy atom. The number of allylic oxidation sites excluding steroid dienone is 1. The Hall–Kier alpha value is -2.83. The minimum atomic E-state index is -2.50. The normalized spacial score (nSPS) is 15.7. The summed E-state index contributed by atoms with van der Waals surface area (Å²) in [5, 5.41) is 1.66. The molecule has 0 aromatic heterocycles. The summed E-state index contributed by atoms with van der Waals surface area (Å²) < 4.78 is 42.2. The SMILES string of the molecule is O=[SH](=O)Cc1ccc(C2=C(c3cccc(F)c3)C(C=S)c3ccccc3O2)cc1. The Morgan fingerprint density at radius 3 is 2.41 bits per heavy atom. The number of para-hydroxylation sites is 1. The van der Waals surface area contributed by atoms with Crippen molar-refractivity contribution in [1.29, 1.82) is 0 Å². The van der Waals surface area contributed by atoms with Gasteiger partial charge in [-0.25, -0.2) is 12.8 Å². The van der Waals surface area contributed by atoms with Crippen LogP contribution in [0.3, 0.4) is 0 Å². The maximum Gasteiger partial charge on any atom is 0.144 e. The maximum atomic E-state index is 14.0. The fraction of sp³-hybridized carbons (Fsp3) is 0.0870. The molecular weight excluding hydrogens is 407 g/mol. The van der Waals surface area contributed by atoms with Gasteiger partial charge in [-0.15, -0.1) is 0 Å². The first-order chi connectivity index (χ1) is 14.1. The van der Waals surface area contributed by atoms with Crippen LogP contribution in [-0.2, 0) is 16.5 Å². The first-order valence-electron chi connectivity index (χ1n) is 9.00. The van der Waals surface area contributed by atoms with E-state index in [4.69, 9.17) is 17.0 Å². The van der Waals surface area contributed by atoms with Crippen LogP contribution < -0.4 is 4.74 Å². The third-order valence-electron chi connectivity index (χ3n) is 4.82. The first kappa shape index (κ1) is 19.5. The van der Waals surface area contributed by atoms with Gasteiger partial charge in [-0.3, -0.25) is 0 Å². The van der Waals surface area contributed by atoms with Crippen molar-refractivity contribution in [3.63, 3.8) is 0 Å². The van der Waals surface area contributed by atoms with Gasteiger partial charge >= 0.3 is 0 Å². The van der Waals surface area contributed by atoms with Gasteiger partial charge in [-0.1, -0.05) is 66.8 Å². The highest BCUT2D eigenvalue weighted by atomic mass is 32.2. The molecule has 29 heavy (non-hydrogen) atoms. The fourth-order valence-corrected chi connectivity index (χ4v) is 4.32. The van der Waals surface area contributed by atoms with Crippen LogP contribution in [0.5, 0.6) is 5.75 Å². The third kappa shape index (κ3) is 3.99. The van der Waals surface area contributed by atoms with Gasteiger partial charge in [0.1, 0.15) is 28.0 Å². The molecular formula is C23H17FO3S2. The number of benzene rings is 3. The number of ether oxygens (including phenoxy) is 1. The van der Waals surface area contributed by atoms with E-state index in [2.05, 4.69) is 0 Å². The molecule has 1 aliphatic heterocycles. The molecule has 3 aromatic rings. The van der Waals surface area contributed by atoms with Gasteiger partial charge < -0.3 is 4.74 Å². The van der Waals surface area contributed by atoms with Gasteiger partial charge in [0, 0.05) is 22.6 Å². The van der Waals surface area contributed by atoms with Crippen molar-refractivity contribution >= 4 is 39.6 Å². The predicted molar refractivity (Wildman–Crippen MR) is 117 cm³/mol. The molecule has 1 atom stereocenters. The van der Waals surface area contributed by atoms with Gasteiger partial charge in [0.05, 0.1) is 5.75 Å². The van der Waals surface area contributed by atoms with E-state index in [0.29, 0.717) is 22.6 Å². The Labute approximate surface area is 175 Å². The lowest BCUT2D eigenvalue weighted by molar-refractivity contribution is 0.500. The number of halogens is 1. The van der Waals surface area contributed by atoms with Crippen molar-refractivity contribution in [2.45, 2.75) is 11.7 Å². The van der Waals surface area contributed by atoms with E-state index >= 15 is 0 Å². The second-order valence-electron chi connectivity index (χ2n) is 6.69. The number of rotatable bonds is 5. The van der Waals surface area contributed by atoms with Crippen LogP contribution in [0, 0.1) is 5.82 Å². The third-order valence-corrected chi connectivity index (χ3v) is 5.72. The van der Waals surface area contributed by atoms with Gasteiger partial charge in [0.2, 0.25) is 0 Å². The first-order valence-corrected chi connectivity index (χ1v) is 10.8. The summed E-state index contributed by atoms with van der Waals surface area (Å²) >= 11 is 5.35. The molecule has 0 bridgehead atoms. The molecule has 0 fully saturated rings. The van der Waals surface area contributed by atoms with E-state index in [1.807, 2.05) is 42.5 Å². The highest BCUT2D eigenvalue weighted by Gasteiger charge is 2.30. The second-order valence-corrected chi connectivity index (χ2v) is 7.95. The van der Waals surface area contributed by atoms with E-state index in [-0.39, 0.29) is 17.5 Å². The lowest BCUT2D eigenvalue weighted by Crippen LogP contribution is -2.15. The number of thiol groups is 1. The highest BCUT2D eigenvalue weighted by Crippen LogP contribution is 2.46. The molecule has 0 N–H and O–H groups in total. The van der Waals surface area contributed by atoms with Gasteiger partial charge in [-0.05, 0) is 34.7 Å². The van der Waals surface area contributed by atoms with E-state index in [1.165, 1.54) is 12.1 Å². The minimum absolute atomic E-state index is 0.0162. The summed E-state index contributed by atoms with van der Waals surface area (Å²) in [5.41, 5.74) is 3.85. The van der Waals surface area contributed by atoms with E-state index in [1.54, 1.807) is 23.6 Å². The average molecular weight is 425 g/mol. The molecule has 0 saturated heterocycles.